The van der Waals surface area contributed by atoms with Crippen molar-refractivity contribution in [1.82, 2.24) is 0 Å². The maximum atomic E-state index is 11.6. The van der Waals surface area contributed by atoms with E-state index in [1.807, 2.05) is 40.7 Å². The van der Waals surface area contributed by atoms with Crippen LogP contribution in [0.25, 0.3) is 0 Å². The molecule has 200 valence electrons. The van der Waals surface area contributed by atoms with Crippen molar-refractivity contribution in [3.8, 4) is 0 Å². The maximum Gasteiger partial charge on any atom is 0.145 e. The molecule has 0 bridgehead atoms. The third kappa shape index (κ3) is 8.82. The monoisotopic (exact) mass is 490 g/mol. The second kappa shape index (κ2) is 14.3. The zero-order valence-electron chi connectivity index (χ0n) is 22.9. The molecule has 0 saturated heterocycles. The van der Waals surface area contributed by atoms with E-state index in [0.29, 0.717) is 38.5 Å². The summed E-state index contributed by atoms with van der Waals surface area (Å²) >= 11 is 0. The van der Waals surface area contributed by atoms with Crippen molar-refractivity contribution in [3.63, 3.8) is 0 Å². The molecule has 0 radical (unpaired) electrons. The average molecular weight is 491 g/mol. The Morgan fingerprint density at radius 2 is 1.80 bits per heavy atom. The fraction of sp³-hybridized carbons (Fsp3) is 0.700. The van der Waals surface area contributed by atoms with Crippen LogP contribution in [0.4, 0.5) is 0 Å². The summed E-state index contributed by atoms with van der Waals surface area (Å²) in [5.74, 6) is 0.0300. The summed E-state index contributed by atoms with van der Waals surface area (Å²) in [7, 11) is 0. The fourth-order valence-corrected chi connectivity index (χ4v) is 5.32. The Hall–Kier alpha value is -1.53. The van der Waals surface area contributed by atoms with Crippen molar-refractivity contribution in [1.29, 1.82) is 0 Å². The molecular weight excluding hydrogens is 440 g/mol. The zero-order valence-corrected chi connectivity index (χ0v) is 22.9. The topological polar surface area (TPSA) is 98.0 Å². The number of aliphatic hydroxyl groups excluding tert-OH is 3. The van der Waals surface area contributed by atoms with Crippen molar-refractivity contribution in [2.45, 2.75) is 117 Å². The van der Waals surface area contributed by atoms with Crippen LogP contribution in [-0.2, 0) is 4.79 Å². The van der Waals surface area contributed by atoms with Crippen LogP contribution in [0.15, 0.2) is 46.6 Å². The Balaban J connectivity index is 2.90. The molecule has 1 aliphatic carbocycles. The number of carbonyl (C=O) groups excluding carboxylic acids is 1. The molecule has 1 unspecified atom stereocenters. The lowest BCUT2D eigenvalue weighted by molar-refractivity contribution is -0.115. The summed E-state index contributed by atoms with van der Waals surface area (Å²) in [5.41, 5.74) is 3.35. The van der Waals surface area contributed by atoms with Crippen molar-refractivity contribution in [2.75, 3.05) is 6.61 Å². The third-order valence-electron chi connectivity index (χ3n) is 8.36. The first-order valence-electron chi connectivity index (χ1n) is 13.1. The van der Waals surface area contributed by atoms with E-state index in [1.54, 1.807) is 0 Å². The molecule has 5 atom stereocenters. The highest BCUT2D eigenvalue weighted by Crippen LogP contribution is 2.55. The van der Waals surface area contributed by atoms with Crippen molar-refractivity contribution in [3.05, 3.63) is 46.6 Å². The lowest BCUT2D eigenvalue weighted by Gasteiger charge is -2.53. The van der Waals surface area contributed by atoms with Gasteiger partial charge in [-0.05, 0) is 109 Å². The number of hydrogen-bond donors (Lipinski definition) is 4. The van der Waals surface area contributed by atoms with E-state index < -0.39 is 23.2 Å². The van der Waals surface area contributed by atoms with Gasteiger partial charge in [-0.3, -0.25) is 4.79 Å². The SMILES string of the molecule is C=C(C)C(O)CC/C(C)=C/C[C@@H](O)/C(C)=C/CC[C@@]1(C)[C@H](CCCO)/C(=C(/C)C=O)CC[C@]1(C)O. The largest absolute Gasteiger partial charge is 0.396 e. The van der Waals surface area contributed by atoms with E-state index in [2.05, 4.69) is 19.6 Å². The average Bonchev–Trinajstić information content (AvgIpc) is 2.81. The molecule has 0 aromatic carbocycles. The second-order valence-electron chi connectivity index (χ2n) is 11.1. The van der Waals surface area contributed by atoms with E-state index in [0.717, 1.165) is 53.4 Å². The van der Waals surface area contributed by atoms with Gasteiger partial charge in [0.2, 0.25) is 0 Å². The Morgan fingerprint density at radius 3 is 2.37 bits per heavy atom. The summed E-state index contributed by atoms with van der Waals surface area (Å²) < 4.78 is 0. The molecule has 5 heteroatoms. The Bertz CT molecular complexity index is 804. The minimum Gasteiger partial charge on any atom is -0.396 e. The molecule has 1 saturated carbocycles. The van der Waals surface area contributed by atoms with E-state index in [-0.39, 0.29) is 12.5 Å². The summed E-state index contributed by atoms with van der Waals surface area (Å²) in [4.78, 5) is 11.6. The Kier molecular flexibility index (Phi) is 12.8. The van der Waals surface area contributed by atoms with Gasteiger partial charge in [-0.1, -0.05) is 42.4 Å². The maximum absolute atomic E-state index is 11.6. The molecule has 5 nitrogen and oxygen atoms in total. The van der Waals surface area contributed by atoms with Crippen LogP contribution in [0.3, 0.4) is 0 Å². The van der Waals surface area contributed by atoms with E-state index in [4.69, 9.17) is 0 Å². The van der Waals surface area contributed by atoms with Gasteiger partial charge in [0.15, 0.2) is 0 Å². The van der Waals surface area contributed by atoms with Crippen LogP contribution in [0.1, 0.15) is 99.3 Å². The van der Waals surface area contributed by atoms with Crippen molar-refractivity contribution < 1.29 is 25.2 Å². The highest BCUT2D eigenvalue weighted by molar-refractivity contribution is 5.74. The first-order valence-corrected chi connectivity index (χ1v) is 13.1. The van der Waals surface area contributed by atoms with Gasteiger partial charge in [0.1, 0.15) is 6.29 Å². The number of allylic oxidation sites excluding steroid dienone is 4. The fourth-order valence-electron chi connectivity index (χ4n) is 5.32. The van der Waals surface area contributed by atoms with Gasteiger partial charge in [0.25, 0.3) is 0 Å². The Labute approximate surface area is 213 Å². The van der Waals surface area contributed by atoms with E-state index in [1.165, 1.54) is 0 Å². The molecular formula is C30H50O5. The lowest BCUT2D eigenvalue weighted by atomic mass is 9.54. The number of aldehydes is 1. The van der Waals surface area contributed by atoms with Crippen molar-refractivity contribution >= 4 is 6.29 Å². The number of rotatable bonds is 14. The zero-order chi connectivity index (χ0) is 26.8. The molecule has 0 aromatic rings. The summed E-state index contributed by atoms with van der Waals surface area (Å²) in [6.45, 7) is 15.5. The van der Waals surface area contributed by atoms with Gasteiger partial charge >= 0.3 is 0 Å². The van der Waals surface area contributed by atoms with Crippen LogP contribution in [-0.4, -0.2) is 51.1 Å². The van der Waals surface area contributed by atoms with Gasteiger partial charge in [0.05, 0.1) is 17.8 Å². The normalized spacial score (nSPS) is 29.0. The first-order chi connectivity index (χ1) is 16.3. The molecule has 0 aliphatic heterocycles. The van der Waals surface area contributed by atoms with Crippen LogP contribution < -0.4 is 0 Å². The van der Waals surface area contributed by atoms with Gasteiger partial charge in [-0.25, -0.2) is 0 Å². The molecule has 0 amide bonds. The lowest BCUT2D eigenvalue weighted by Crippen LogP contribution is -2.52. The van der Waals surface area contributed by atoms with E-state index >= 15 is 0 Å². The number of aliphatic hydroxyl groups is 4. The van der Waals surface area contributed by atoms with Crippen LogP contribution in [0, 0.1) is 11.3 Å². The Morgan fingerprint density at radius 1 is 1.14 bits per heavy atom. The minimum atomic E-state index is -0.881. The first kappa shape index (κ1) is 31.5. The van der Waals surface area contributed by atoms with Crippen LogP contribution in [0.2, 0.25) is 0 Å². The summed E-state index contributed by atoms with van der Waals surface area (Å²) in [6, 6.07) is 0. The summed E-state index contributed by atoms with van der Waals surface area (Å²) in [6.07, 6.45) is 9.99. The highest BCUT2D eigenvalue weighted by atomic mass is 16.3. The molecule has 0 heterocycles. The quantitative estimate of drug-likeness (QED) is 0.145. The second-order valence-corrected chi connectivity index (χ2v) is 11.1. The number of carbonyl (C=O) groups is 1. The van der Waals surface area contributed by atoms with Gasteiger partial charge in [-0.2, -0.15) is 0 Å². The molecule has 1 fully saturated rings. The predicted octanol–water partition coefficient (Wildman–Crippen LogP) is 5.58. The van der Waals surface area contributed by atoms with Gasteiger partial charge in [0, 0.05) is 12.0 Å². The van der Waals surface area contributed by atoms with Gasteiger partial charge < -0.3 is 20.4 Å². The highest BCUT2D eigenvalue weighted by Gasteiger charge is 2.52. The van der Waals surface area contributed by atoms with E-state index in [9.17, 15) is 25.2 Å². The third-order valence-corrected chi connectivity index (χ3v) is 8.36. The predicted molar refractivity (Wildman–Crippen MR) is 144 cm³/mol. The van der Waals surface area contributed by atoms with Gasteiger partial charge in [-0.15, -0.1) is 0 Å². The molecule has 0 aromatic heterocycles. The molecule has 1 aliphatic rings. The molecule has 35 heavy (non-hydrogen) atoms. The summed E-state index contributed by atoms with van der Waals surface area (Å²) in [5, 5.41) is 41.4. The van der Waals surface area contributed by atoms with Crippen LogP contribution >= 0.6 is 0 Å². The van der Waals surface area contributed by atoms with Crippen molar-refractivity contribution in [2.24, 2.45) is 11.3 Å². The molecule has 4 N–H and O–H groups in total. The molecule has 0 spiro atoms. The minimum absolute atomic E-state index is 0.0300. The smallest absolute Gasteiger partial charge is 0.145 e. The molecule has 1 rings (SSSR count). The standard InChI is InChI=1S/C30H50O5/c1-21(2)27(33)14-12-22(3)13-15-28(34)23(4)10-8-17-29(6)26(11-9-19-31)25(24(5)20-32)16-18-30(29,7)35/h10,13,20,26-28,31,33-35H,1,8-9,11-12,14-19H2,2-7H3/b22-13+,23-10+,25-24-/t26-,27?,28-,29+,30+/m1/s1. The van der Waals surface area contributed by atoms with Crippen LogP contribution in [0.5, 0.6) is 0 Å². The number of hydrogen-bond acceptors (Lipinski definition) is 5.